The summed E-state index contributed by atoms with van der Waals surface area (Å²) in [4.78, 5) is 26.7. The minimum absolute atomic E-state index is 0.0101. The smallest absolute Gasteiger partial charge is 0.257 e. The number of nitrogens with zero attached hydrogens (tertiary/aromatic N) is 5. The van der Waals surface area contributed by atoms with Crippen molar-refractivity contribution in [3.8, 4) is 27.6 Å². The lowest BCUT2D eigenvalue weighted by Crippen LogP contribution is -2.22. The number of hydrogen-bond acceptors (Lipinski definition) is 9. The number of halogens is 3. The van der Waals surface area contributed by atoms with Crippen LogP contribution >= 0.6 is 11.3 Å². The number of anilines is 1. The van der Waals surface area contributed by atoms with Crippen LogP contribution in [0, 0.1) is 18.6 Å². The number of ether oxygens (including phenoxy) is 1. The Kier molecular flexibility index (Phi) is 7.57. The number of aromatic nitrogens is 4. The molecule has 3 aliphatic rings. The number of aryl methyl sites for hydroxylation is 3. The summed E-state index contributed by atoms with van der Waals surface area (Å²) < 4.78 is 56.0. The van der Waals surface area contributed by atoms with Crippen molar-refractivity contribution in [1.29, 1.82) is 0 Å². The summed E-state index contributed by atoms with van der Waals surface area (Å²) in [5, 5.41) is 12.7. The molecule has 0 radical (unpaired) electrons. The summed E-state index contributed by atoms with van der Waals surface area (Å²) >= 11 is 1.43. The molecule has 1 aliphatic carbocycles. The van der Waals surface area contributed by atoms with Crippen molar-refractivity contribution in [3.05, 3.63) is 106 Å². The fourth-order valence-corrected chi connectivity index (χ4v) is 9.04. The van der Waals surface area contributed by atoms with Gasteiger partial charge < -0.3 is 19.4 Å². The monoisotopic (exact) mass is 708 g/mol. The van der Waals surface area contributed by atoms with Gasteiger partial charge in [-0.05, 0) is 72.5 Å². The van der Waals surface area contributed by atoms with Gasteiger partial charge in [-0.25, -0.2) is 18.2 Å². The van der Waals surface area contributed by atoms with E-state index < -0.39 is 18.0 Å². The van der Waals surface area contributed by atoms with Crippen LogP contribution in [-0.2, 0) is 19.3 Å². The van der Waals surface area contributed by atoms with Crippen LogP contribution in [0.25, 0.3) is 32.0 Å². The highest BCUT2D eigenvalue weighted by Crippen LogP contribution is 2.51. The standard InChI is InChI=1S/C38H31F3N6O3S/c1-18-45-46-37(50-18)29-26(12-7-19-5-8-21(39)9-6-19)43-33-27-4-3-15-47(27)38(48)31(33)30(29)28-16-20-13-14-42-36(35(20)51-28)44-32-22-10-11-24(40)34(49-2)23(22)17-25(32)41/h5-6,8-11,13-14,16,25,27,32H,3-4,7,12,15,17H2,1-2H3,(H,42,44)/t25-,27+,32-/m0/s1. The minimum atomic E-state index is -1.34. The topological polar surface area (TPSA) is 106 Å². The van der Waals surface area contributed by atoms with Crippen LogP contribution in [0.3, 0.4) is 0 Å². The van der Waals surface area contributed by atoms with Crippen molar-refractivity contribution >= 4 is 33.1 Å². The number of thiophene rings is 1. The van der Waals surface area contributed by atoms with Gasteiger partial charge in [0.25, 0.3) is 5.91 Å². The molecule has 2 aromatic carbocycles. The second-order valence-corrected chi connectivity index (χ2v) is 14.2. The van der Waals surface area contributed by atoms with E-state index in [-0.39, 0.29) is 35.8 Å². The van der Waals surface area contributed by atoms with E-state index >= 15 is 4.39 Å². The summed E-state index contributed by atoms with van der Waals surface area (Å²) in [5.41, 5.74) is 5.27. The van der Waals surface area contributed by atoms with E-state index in [1.807, 2.05) is 17.0 Å². The molecule has 6 aromatic rings. The Labute approximate surface area is 294 Å². The summed E-state index contributed by atoms with van der Waals surface area (Å²) in [6.07, 6.45) is 3.09. The summed E-state index contributed by atoms with van der Waals surface area (Å²) in [6, 6.07) is 12.3. The van der Waals surface area contributed by atoms with Crippen molar-refractivity contribution in [1.82, 2.24) is 25.1 Å². The Bertz CT molecular complexity index is 2360. The number of amides is 1. The molecule has 2 aliphatic heterocycles. The van der Waals surface area contributed by atoms with E-state index in [0.29, 0.717) is 64.6 Å². The first-order chi connectivity index (χ1) is 24.8. The molecule has 1 amide bonds. The first-order valence-corrected chi connectivity index (χ1v) is 17.7. The third-order valence-electron chi connectivity index (χ3n) is 10.2. The molecule has 1 saturated heterocycles. The molecule has 0 unspecified atom stereocenters. The van der Waals surface area contributed by atoms with Gasteiger partial charge in [0.15, 0.2) is 11.6 Å². The minimum Gasteiger partial charge on any atom is -0.493 e. The largest absolute Gasteiger partial charge is 0.493 e. The van der Waals surface area contributed by atoms with E-state index in [1.54, 1.807) is 31.3 Å². The normalized spacial score (nSPS) is 19.1. The van der Waals surface area contributed by atoms with Gasteiger partial charge in [-0.1, -0.05) is 18.2 Å². The lowest BCUT2D eigenvalue weighted by molar-refractivity contribution is 0.0776. The second kappa shape index (κ2) is 12.2. The first-order valence-electron chi connectivity index (χ1n) is 16.9. The molecular weight excluding hydrogens is 678 g/mol. The molecule has 1 fully saturated rings. The molecule has 3 atom stereocenters. The van der Waals surface area contributed by atoms with E-state index in [1.165, 1.54) is 36.6 Å². The number of benzene rings is 2. The Hall–Kier alpha value is -5.30. The lowest BCUT2D eigenvalue weighted by atomic mass is 9.93. The van der Waals surface area contributed by atoms with Gasteiger partial charge in [0.2, 0.25) is 11.8 Å². The maximum Gasteiger partial charge on any atom is 0.257 e. The van der Waals surface area contributed by atoms with E-state index in [9.17, 15) is 13.6 Å². The molecule has 9 nitrogen and oxygen atoms in total. The molecular formula is C38H31F3N6O3S. The van der Waals surface area contributed by atoms with Gasteiger partial charge in [-0.15, -0.1) is 21.5 Å². The average Bonchev–Trinajstić information content (AvgIpc) is 3.96. The fourth-order valence-electron chi connectivity index (χ4n) is 7.87. The molecule has 0 bridgehead atoms. The lowest BCUT2D eigenvalue weighted by Gasteiger charge is -2.18. The van der Waals surface area contributed by atoms with Gasteiger partial charge >= 0.3 is 0 Å². The molecule has 4 aromatic heterocycles. The first kappa shape index (κ1) is 31.7. The Morgan fingerprint density at radius 1 is 1.06 bits per heavy atom. The Morgan fingerprint density at radius 2 is 1.90 bits per heavy atom. The highest BCUT2D eigenvalue weighted by molar-refractivity contribution is 7.23. The van der Waals surface area contributed by atoms with Crippen molar-refractivity contribution in [2.75, 3.05) is 19.0 Å². The zero-order chi connectivity index (χ0) is 35.0. The maximum atomic E-state index is 15.6. The molecule has 0 spiro atoms. The van der Waals surface area contributed by atoms with Gasteiger partial charge in [0.05, 0.1) is 46.4 Å². The van der Waals surface area contributed by atoms with Crippen LogP contribution in [0.1, 0.15) is 69.3 Å². The van der Waals surface area contributed by atoms with Gasteiger partial charge in [-0.2, -0.15) is 0 Å². The molecule has 9 rings (SSSR count). The van der Waals surface area contributed by atoms with Gasteiger partial charge in [-0.3, -0.25) is 9.78 Å². The quantitative estimate of drug-likeness (QED) is 0.169. The number of methoxy groups -OCH3 is 1. The number of alkyl halides is 1. The zero-order valence-corrected chi connectivity index (χ0v) is 28.5. The SMILES string of the molecule is COc1c(F)ccc2c1C[C@H](F)[C@H]2Nc1nccc2cc(-c3c4c(nc(CCc5ccc(F)cc5)c3-c3nnc(C)o3)[C@H]3CCCN3C4=O)sc12. The van der Waals surface area contributed by atoms with E-state index in [2.05, 4.69) is 20.5 Å². The Balaban J connectivity index is 1.20. The van der Waals surface area contributed by atoms with Crippen LogP contribution < -0.4 is 10.1 Å². The molecule has 6 heterocycles. The Morgan fingerprint density at radius 3 is 2.69 bits per heavy atom. The number of rotatable bonds is 8. The molecule has 51 heavy (non-hydrogen) atoms. The maximum absolute atomic E-state index is 15.6. The van der Waals surface area contributed by atoms with Crippen LogP contribution in [-0.4, -0.2) is 50.8 Å². The predicted molar refractivity (Wildman–Crippen MR) is 186 cm³/mol. The van der Waals surface area contributed by atoms with Crippen LogP contribution in [0.15, 0.2) is 59.1 Å². The number of nitrogens with one attached hydrogen (secondary N) is 1. The van der Waals surface area contributed by atoms with Gasteiger partial charge in [0.1, 0.15) is 17.8 Å². The number of fused-ring (bicyclic) bond motifs is 5. The predicted octanol–water partition coefficient (Wildman–Crippen LogP) is 8.13. The summed E-state index contributed by atoms with van der Waals surface area (Å²) in [6.45, 7) is 2.36. The van der Waals surface area contributed by atoms with Crippen molar-refractivity contribution < 1.29 is 27.1 Å². The molecule has 13 heteroatoms. The van der Waals surface area contributed by atoms with Crippen molar-refractivity contribution in [2.45, 2.75) is 57.3 Å². The molecule has 1 N–H and O–H groups in total. The third-order valence-corrected chi connectivity index (χ3v) is 11.3. The highest BCUT2D eigenvalue weighted by atomic mass is 32.1. The summed E-state index contributed by atoms with van der Waals surface area (Å²) in [5.74, 6) is 0.224. The van der Waals surface area contributed by atoms with Crippen LogP contribution in [0.2, 0.25) is 0 Å². The van der Waals surface area contributed by atoms with Crippen LogP contribution in [0.5, 0.6) is 5.75 Å². The second-order valence-electron chi connectivity index (χ2n) is 13.2. The zero-order valence-electron chi connectivity index (χ0n) is 27.7. The van der Waals surface area contributed by atoms with E-state index in [4.69, 9.17) is 14.1 Å². The molecule has 0 saturated carbocycles. The van der Waals surface area contributed by atoms with Crippen molar-refractivity contribution in [3.63, 3.8) is 0 Å². The fraction of sp³-hybridized carbons (Fsp3) is 0.289. The van der Waals surface area contributed by atoms with Gasteiger partial charge in [0, 0.05) is 42.1 Å². The average molecular weight is 709 g/mol. The number of pyridine rings is 2. The highest BCUT2D eigenvalue weighted by Gasteiger charge is 2.45. The van der Waals surface area contributed by atoms with Crippen molar-refractivity contribution in [2.24, 2.45) is 0 Å². The van der Waals surface area contributed by atoms with Crippen LogP contribution in [0.4, 0.5) is 19.0 Å². The third kappa shape index (κ3) is 5.16. The van der Waals surface area contributed by atoms with E-state index in [0.717, 1.165) is 39.1 Å². The number of carbonyl (C=O) groups excluding carboxylic acids is 1. The number of carbonyl (C=O) groups is 1. The molecule has 258 valence electrons. The summed E-state index contributed by atoms with van der Waals surface area (Å²) in [7, 11) is 1.38. The number of hydrogen-bond donors (Lipinski definition) is 1.